The SMILES string of the molecule is COc1ncc(C(F)F)c(F)c1CBr. The summed E-state index contributed by atoms with van der Waals surface area (Å²) < 4.78 is 42.6. The second kappa shape index (κ2) is 4.63. The van der Waals surface area contributed by atoms with Crippen LogP contribution >= 0.6 is 15.9 Å². The number of methoxy groups -OCH3 is 1. The van der Waals surface area contributed by atoms with Crippen molar-refractivity contribution in [3.05, 3.63) is 23.1 Å². The van der Waals surface area contributed by atoms with E-state index in [1.807, 2.05) is 0 Å². The molecule has 0 fully saturated rings. The zero-order valence-corrected chi connectivity index (χ0v) is 8.82. The van der Waals surface area contributed by atoms with Crippen molar-refractivity contribution in [2.24, 2.45) is 0 Å². The van der Waals surface area contributed by atoms with Crippen molar-refractivity contribution in [2.75, 3.05) is 7.11 Å². The van der Waals surface area contributed by atoms with Crippen LogP contribution in [-0.2, 0) is 5.33 Å². The average Bonchev–Trinajstić information content (AvgIpc) is 2.16. The van der Waals surface area contributed by atoms with Gasteiger partial charge in [-0.05, 0) is 0 Å². The van der Waals surface area contributed by atoms with Crippen molar-refractivity contribution < 1.29 is 17.9 Å². The molecule has 78 valence electrons. The Hall–Kier alpha value is -0.780. The Morgan fingerprint density at radius 3 is 2.64 bits per heavy atom. The van der Waals surface area contributed by atoms with E-state index in [1.165, 1.54) is 7.11 Å². The van der Waals surface area contributed by atoms with Gasteiger partial charge in [-0.2, -0.15) is 0 Å². The van der Waals surface area contributed by atoms with Crippen LogP contribution in [0, 0.1) is 5.82 Å². The minimum Gasteiger partial charge on any atom is -0.481 e. The summed E-state index contributed by atoms with van der Waals surface area (Å²) in [4.78, 5) is 3.58. The molecule has 0 N–H and O–H groups in total. The molecule has 0 bridgehead atoms. The second-order valence-electron chi connectivity index (χ2n) is 2.45. The van der Waals surface area contributed by atoms with Crippen LogP contribution in [0.15, 0.2) is 6.20 Å². The van der Waals surface area contributed by atoms with Crippen LogP contribution in [0.2, 0.25) is 0 Å². The Balaban J connectivity index is 3.27. The van der Waals surface area contributed by atoms with Crippen molar-refractivity contribution in [1.82, 2.24) is 4.98 Å². The lowest BCUT2D eigenvalue weighted by Crippen LogP contribution is -2.01. The summed E-state index contributed by atoms with van der Waals surface area (Å²) in [5.41, 5.74) is -0.703. The highest BCUT2D eigenvalue weighted by atomic mass is 79.9. The molecule has 0 radical (unpaired) electrons. The van der Waals surface area contributed by atoms with Crippen LogP contribution in [-0.4, -0.2) is 12.1 Å². The van der Waals surface area contributed by atoms with Crippen LogP contribution in [0.5, 0.6) is 5.88 Å². The summed E-state index contributed by atoms with van der Waals surface area (Å²) in [6, 6.07) is 0. The molecule has 0 atom stereocenters. The molecule has 14 heavy (non-hydrogen) atoms. The molecule has 2 nitrogen and oxygen atoms in total. The van der Waals surface area contributed by atoms with Crippen LogP contribution in [0.4, 0.5) is 13.2 Å². The number of aromatic nitrogens is 1. The van der Waals surface area contributed by atoms with Crippen molar-refractivity contribution in [2.45, 2.75) is 11.8 Å². The average molecular weight is 270 g/mol. The van der Waals surface area contributed by atoms with Gasteiger partial charge in [-0.1, -0.05) is 15.9 Å². The van der Waals surface area contributed by atoms with Gasteiger partial charge in [0.25, 0.3) is 6.43 Å². The van der Waals surface area contributed by atoms with Crippen LogP contribution in [0.1, 0.15) is 17.6 Å². The lowest BCUT2D eigenvalue weighted by atomic mass is 10.2. The third-order valence-corrected chi connectivity index (χ3v) is 2.22. The summed E-state index contributed by atoms with van der Waals surface area (Å²) in [5, 5.41) is 0.0789. The normalized spacial score (nSPS) is 10.7. The largest absolute Gasteiger partial charge is 0.481 e. The van der Waals surface area contributed by atoms with Gasteiger partial charge in [-0.3, -0.25) is 0 Å². The predicted molar refractivity (Wildman–Crippen MR) is 48.3 cm³/mol. The van der Waals surface area contributed by atoms with E-state index < -0.39 is 17.8 Å². The number of halogens is 4. The minimum absolute atomic E-state index is 0.00491. The first-order chi connectivity index (χ1) is 6.61. The maximum atomic E-state index is 13.3. The van der Waals surface area contributed by atoms with Gasteiger partial charge < -0.3 is 4.74 Å². The highest BCUT2D eigenvalue weighted by Gasteiger charge is 2.20. The van der Waals surface area contributed by atoms with Crippen LogP contribution in [0.3, 0.4) is 0 Å². The summed E-state index contributed by atoms with van der Waals surface area (Å²) in [6.07, 6.45) is -2.09. The maximum absolute atomic E-state index is 13.3. The van der Waals surface area contributed by atoms with Crippen molar-refractivity contribution in [1.29, 1.82) is 0 Å². The highest BCUT2D eigenvalue weighted by molar-refractivity contribution is 9.08. The van der Waals surface area contributed by atoms with Crippen molar-refractivity contribution in [3.63, 3.8) is 0 Å². The molecule has 6 heteroatoms. The first kappa shape index (κ1) is 11.3. The van der Waals surface area contributed by atoms with Gasteiger partial charge in [0.1, 0.15) is 5.82 Å². The topological polar surface area (TPSA) is 22.1 Å². The zero-order valence-electron chi connectivity index (χ0n) is 7.23. The summed E-state index contributed by atoms with van der Waals surface area (Å²) in [5.74, 6) is -0.951. The first-order valence-corrected chi connectivity index (χ1v) is 4.79. The predicted octanol–water partition coefficient (Wildman–Crippen LogP) is 3.06. The van der Waals surface area contributed by atoms with E-state index in [4.69, 9.17) is 4.74 Å². The van der Waals surface area contributed by atoms with E-state index in [0.717, 1.165) is 6.20 Å². The lowest BCUT2D eigenvalue weighted by molar-refractivity contribution is 0.145. The van der Waals surface area contributed by atoms with Gasteiger partial charge >= 0.3 is 0 Å². The molecule has 0 saturated heterocycles. The smallest absolute Gasteiger partial charge is 0.268 e. The molecule has 0 saturated carbocycles. The summed E-state index contributed by atoms with van der Waals surface area (Å²) in [7, 11) is 1.30. The Kier molecular flexibility index (Phi) is 3.74. The maximum Gasteiger partial charge on any atom is 0.268 e. The molecule has 1 rings (SSSR count). The molecule has 0 amide bonds. The number of nitrogens with zero attached hydrogens (tertiary/aromatic N) is 1. The molecular weight excluding hydrogens is 263 g/mol. The molecule has 0 aliphatic carbocycles. The van der Waals surface area contributed by atoms with E-state index >= 15 is 0 Å². The first-order valence-electron chi connectivity index (χ1n) is 3.67. The number of ether oxygens (including phenoxy) is 1. The monoisotopic (exact) mass is 269 g/mol. The molecule has 1 aromatic heterocycles. The number of alkyl halides is 3. The molecular formula is C8H7BrF3NO. The van der Waals surface area contributed by atoms with E-state index in [2.05, 4.69) is 20.9 Å². The second-order valence-corrected chi connectivity index (χ2v) is 3.01. The molecule has 0 aromatic carbocycles. The van der Waals surface area contributed by atoms with Gasteiger partial charge in [0.2, 0.25) is 5.88 Å². The van der Waals surface area contributed by atoms with E-state index in [0.29, 0.717) is 0 Å². The Morgan fingerprint density at radius 1 is 1.57 bits per heavy atom. The lowest BCUT2D eigenvalue weighted by Gasteiger charge is -2.08. The minimum atomic E-state index is -2.87. The number of hydrogen-bond donors (Lipinski definition) is 0. The molecule has 1 heterocycles. The quantitative estimate of drug-likeness (QED) is 0.787. The van der Waals surface area contributed by atoms with Crippen LogP contribution < -0.4 is 4.74 Å². The third-order valence-electron chi connectivity index (χ3n) is 1.66. The highest BCUT2D eigenvalue weighted by Crippen LogP contribution is 2.29. The van der Waals surface area contributed by atoms with Crippen molar-refractivity contribution >= 4 is 15.9 Å². The molecule has 1 aromatic rings. The molecule has 0 spiro atoms. The fraction of sp³-hybridized carbons (Fsp3) is 0.375. The van der Waals surface area contributed by atoms with E-state index in [1.54, 1.807) is 0 Å². The number of rotatable bonds is 3. The van der Waals surface area contributed by atoms with Crippen molar-refractivity contribution in [3.8, 4) is 5.88 Å². The Labute approximate surface area is 87.2 Å². The van der Waals surface area contributed by atoms with Gasteiger partial charge in [-0.15, -0.1) is 0 Å². The van der Waals surface area contributed by atoms with E-state index in [9.17, 15) is 13.2 Å². The summed E-state index contributed by atoms with van der Waals surface area (Å²) >= 11 is 2.98. The number of hydrogen-bond acceptors (Lipinski definition) is 2. The number of pyridine rings is 1. The van der Waals surface area contributed by atoms with Gasteiger partial charge in [0.05, 0.1) is 18.2 Å². The Morgan fingerprint density at radius 2 is 2.21 bits per heavy atom. The molecule has 0 aliphatic rings. The third kappa shape index (κ3) is 2.00. The standard InChI is InChI=1S/C8H7BrF3NO/c1-14-8-4(2-9)6(10)5(3-13-8)7(11)12/h3,7H,2H2,1H3. The van der Waals surface area contributed by atoms with Gasteiger partial charge in [-0.25, -0.2) is 18.2 Å². The fourth-order valence-electron chi connectivity index (χ4n) is 0.975. The fourth-order valence-corrected chi connectivity index (χ4v) is 1.46. The summed E-state index contributed by atoms with van der Waals surface area (Å²) in [6.45, 7) is 0. The van der Waals surface area contributed by atoms with Gasteiger partial charge in [0, 0.05) is 11.5 Å². The van der Waals surface area contributed by atoms with Crippen LogP contribution in [0.25, 0.3) is 0 Å². The van der Waals surface area contributed by atoms with Gasteiger partial charge in [0.15, 0.2) is 0 Å². The van der Waals surface area contributed by atoms with E-state index in [-0.39, 0.29) is 16.8 Å². The molecule has 0 aliphatic heterocycles. The molecule has 0 unspecified atom stereocenters. The zero-order chi connectivity index (χ0) is 10.7. The Bertz CT molecular complexity index is 333.